The molecule has 0 radical (unpaired) electrons. The summed E-state index contributed by atoms with van der Waals surface area (Å²) >= 11 is 1.64. The summed E-state index contributed by atoms with van der Waals surface area (Å²) in [7, 11) is -3.41. The molecule has 1 amide bonds. The highest BCUT2D eigenvalue weighted by atomic mass is 32.2. The van der Waals surface area contributed by atoms with Crippen molar-refractivity contribution in [1.82, 2.24) is 0 Å². The summed E-state index contributed by atoms with van der Waals surface area (Å²) in [5.41, 5.74) is 1.00. The zero-order chi connectivity index (χ0) is 17.3. The van der Waals surface area contributed by atoms with Gasteiger partial charge in [-0.1, -0.05) is 6.07 Å². The van der Waals surface area contributed by atoms with Crippen molar-refractivity contribution < 1.29 is 13.2 Å². The van der Waals surface area contributed by atoms with Crippen molar-refractivity contribution in [3.63, 3.8) is 0 Å². The third kappa shape index (κ3) is 3.20. The fourth-order valence-corrected chi connectivity index (χ4v) is 4.21. The first-order chi connectivity index (χ1) is 11.4. The minimum absolute atomic E-state index is 0.165. The maximum Gasteiger partial charge on any atom is 0.255 e. The summed E-state index contributed by atoms with van der Waals surface area (Å²) < 4.78 is 25.7. The number of carbonyl (C=O) groups excluding carboxylic acids is 1. The van der Waals surface area contributed by atoms with E-state index in [-0.39, 0.29) is 10.8 Å². The molecular formula is C18H17NO3S2. The molecule has 24 heavy (non-hydrogen) atoms. The number of hydrogen-bond donors (Lipinski definition) is 1. The fraction of sp³-hybridized carbons (Fsp3) is 0.167. The highest BCUT2D eigenvalue weighted by Crippen LogP contribution is 2.24. The standard InChI is InChI=1S/C18H17NO3S2/c1-12(2)24(21,22)16-5-3-4-14(11-16)18(20)19-15-6-7-17-13(10-15)8-9-23-17/h3-12H,1-2H3,(H,19,20). The van der Waals surface area contributed by atoms with Crippen molar-refractivity contribution in [3.05, 3.63) is 59.5 Å². The Kier molecular flexibility index (Phi) is 4.43. The molecule has 1 N–H and O–H groups in total. The third-order valence-corrected chi connectivity index (χ3v) is 6.81. The molecule has 0 aliphatic carbocycles. The number of benzene rings is 2. The minimum Gasteiger partial charge on any atom is -0.322 e. The lowest BCUT2D eigenvalue weighted by Gasteiger charge is -2.10. The second-order valence-corrected chi connectivity index (χ2v) is 9.20. The van der Waals surface area contributed by atoms with Crippen molar-refractivity contribution in [2.75, 3.05) is 5.32 Å². The Bertz CT molecular complexity index is 1000. The Hall–Kier alpha value is -2.18. The van der Waals surface area contributed by atoms with E-state index in [1.165, 1.54) is 12.1 Å². The zero-order valence-electron chi connectivity index (χ0n) is 13.3. The van der Waals surface area contributed by atoms with E-state index < -0.39 is 15.1 Å². The van der Waals surface area contributed by atoms with Crippen LogP contribution in [0.2, 0.25) is 0 Å². The van der Waals surface area contributed by atoms with E-state index >= 15 is 0 Å². The number of thiophene rings is 1. The molecule has 0 bridgehead atoms. The number of hydrogen-bond acceptors (Lipinski definition) is 4. The Morgan fingerprint density at radius 2 is 1.88 bits per heavy atom. The quantitative estimate of drug-likeness (QED) is 0.754. The first kappa shape index (κ1) is 16.7. The molecule has 0 spiro atoms. The average molecular weight is 359 g/mol. The summed E-state index contributed by atoms with van der Waals surface area (Å²) in [6.07, 6.45) is 0. The fourth-order valence-electron chi connectivity index (χ4n) is 2.33. The van der Waals surface area contributed by atoms with Crippen molar-refractivity contribution in [2.24, 2.45) is 0 Å². The molecule has 1 aromatic heterocycles. The molecule has 0 fully saturated rings. The lowest BCUT2D eigenvalue weighted by Crippen LogP contribution is -2.16. The van der Waals surface area contributed by atoms with Crippen molar-refractivity contribution in [2.45, 2.75) is 24.0 Å². The van der Waals surface area contributed by atoms with Crippen molar-refractivity contribution >= 4 is 42.9 Å². The maximum absolute atomic E-state index is 12.4. The van der Waals surface area contributed by atoms with E-state index in [9.17, 15) is 13.2 Å². The van der Waals surface area contributed by atoms with Crippen LogP contribution in [0.15, 0.2) is 58.8 Å². The molecule has 2 aromatic carbocycles. The summed E-state index contributed by atoms with van der Waals surface area (Å²) in [6, 6.07) is 13.8. The Morgan fingerprint density at radius 1 is 1.08 bits per heavy atom. The molecule has 6 heteroatoms. The van der Waals surface area contributed by atoms with E-state index in [0.717, 1.165) is 10.1 Å². The van der Waals surface area contributed by atoms with E-state index in [2.05, 4.69) is 5.32 Å². The highest BCUT2D eigenvalue weighted by molar-refractivity contribution is 7.92. The Morgan fingerprint density at radius 3 is 2.62 bits per heavy atom. The van der Waals surface area contributed by atoms with Gasteiger partial charge < -0.3 is 5.32 Å². The monoisotopic (exact) mass is 359 g/mol. The van der Waals surface area contributed by atoms with Crippen LogP contribution in [0, 0.1) is 0 Å². The van der Waals surface area contributed by atoms with Gasteiger partial charge in [-0.05, 0) is 67.1 Å². The summed E-state index contributed by atoms with van der Waals surface area (Å²) in [6.45, 7) is 3.25. The Labute approximate surface area is 145 Å². The molecule has 4 nitrogen and oxygen atoms in total. The van der Waals surface area contributed by atoms with E-state index in [4.69, 9.17) is 0 Å². The van der Waals surface area contributed by atoms with Gasteiger partial charge in [-0.15, -0.1) is 11.3 Å². The van der Waals surface area contributed by atoms with Gasteiger partial charge in [-0.25, -0.2) is 8.42 Å². The van der Waals surface area contributed by atoms with Crippen molar-refractivity contribution in [1.29, 1.82) is 0 Å². The molecule has 0 saturated heterocycles. The molecule has 3 rings (SSSR count). The second kappa shape index (κ2) is 6.37. The molecular weight excluding hydrogens is 342 g/mol. The van der Waals surface area contributed by atoms with Gasteiger partial charge in [0.2, 0.25) is 0 Å². The first-order valence-electron chi connectivity index (χ1n) is 7.50. The lowest BCUT2D eigenvalue weighted by molar-refractivity contribution is 0.102. The van der Waals surface area contributed by atoms with Crippen LogP contribution in [0.3, 0.4) is 0 Å². The van der Waals surface area contributed by atoms with Crippen LogP contribution in [0.1, 0.15) is 24.2 Å². The van der Waals surface area contributed by atoms with E-state index in [1.807, 2.05) is 29.6 Å². The Balaban J connectivity index is 1.87. The van der Waals surface area contributed by atoms with Gasteiger partial charge in [0.15, 0.2) is 9.84 Å². The number of fused-ring (bicyclic) bond motifs is 1. The van der Waals surface area contributed by atoms with E-state index in [1.54, 1.807) is 37.3 Å². The summed E-state index contributed by atoms with van der Waals surface area (Å²) in [5, 5.41) is 5.35. The highest BCUT2D eigenvalue weighted by Gasteiger charge is 2.20. The molecule has 3 aromatic rings. The second-order valence-electron chi connectivity index (χ2n) is 5.75. The number of nitrogens with one attached hydrogen (secondary N) is 1. The first-order valence-corrected chi connectivity index (χ1v) is 9.93. The topological polar surface area (TPSA) is 63.2 Å². The molecule has 1 heterocycles. The maximum atomic E-state index is 12.4. The van der Waals surface area contributed by atoms with Crippen LogP contribution in [0.4, 0.5) is 5.69 Å². The predicted molar refractivity (Wildman–Crippen MR) is 98.5 cm³/mol. The van der Waals surface area contributed by atoms with Crippen LogP contribution >= 0.6 is 11.3 Å². The normalized spacial score (nSPS) is 11.8. The van der Waals surface area contributed by atoms with Gasteiger partial charge in [-0.3, -0.25) is 4.79 Å². The zero-order valence-corrected chi connectivity index (χ0v) is 14.9. The summed E-state index contributed by atoms with van der Waals surface area (Å²) in [4.78, 5) is 12.6. The van der Waals surface area contributed by atoms with Crippen LogP contribution < -0.4 is 5.32 Å². The number of rotatable bonds is 4. The van der Waals surface area contributed by atoms with Crippen LogP contribution in [-0.4, -0.2) is 19.6 Å². The molecule has 124 valence electrons. The molecule has 0 aliphatic heterocycles. The predicted octanol–water partition coefficient (Wildman–Crippen LogP) is 4.34. The van der Waals surface area contributed by atoms with Crippen LogP contribution in [0.5, 0.6) is 0 Å². The molecule has 0 unspecified atom stereocenters. The molecule has 0 saturated carbocycles. The van der Waals surface area contributed by atoms with Gasteiger partial charge in [0.25, 0.3) is 5.91 Å². The van der Waals surface area contributed by atoms with Gasteiger partial charge in [0.05, 0.1) is 10.1 Å². The minimum atomic E-state index is -3.41. The largest absolute Gasteiger partial charge is 0.322 e. The number of amides is 1. The van der Waals surface area contributed by atoms with Gasteiger partial charge >= 0.3 is 0 Å². The molecule has 0 atom stereocenters. The number of sulfone groups is 1. The van der Waals surface area contributed by atoms with Gasteiger partial charge in [-0.2, -0.15) is 0 Å². The van der Waals surface area contributed by atoms with Gasteiger partial charge in [0.1, 0.15) is 0 Å². The SMILES string of the molecule is CC(C)S(=O)(=O)c1cccc(C(=O)Nc2ccc3sccc3c2)c1. The average Bonchev–Trinajstić information content (AvgIpc) is 3.02. The smallest absolute Gasteiger partial charge is 0.255 e. The van der Waals surface area contributed by atoms with Crippen LogP contribution in [-0.2, 0) is 9.84 Å². The third-order valence-electron chi connectivity index (χ3n) is 3.76. The van der Waals surface area contributed by atoms with E-state index in [0.29, 0.717) is 11.3 Å². The van der Waals surface area contributed by atoms with Crippen molar-refractivity contribution in [3.8, 4) is 0 Å². The number of carbonyl (C=O) groups is 1. The lowest BCUT2D eigenvalue weighted by atomic mass is 10.2. The molecule has 0 aliphatic rings. The summed E-state index contributed by atoms with van der Waals surface area (Å²) in [5.74, 6) is -0.328. The number of anilines is 1. The van der Waals surface area contributed by atoms with Crippen LogP contribution in [0.25, 0.3) is 10.1 Å². The van der Waals surface area contributed by atoms with Gasteiger partial charge in [0, 0.05) is 16.0 Å².